The van der Waals surface area contributed by atoms with E-state index in [1.54, 1.807) is 0 Å². The molecule has 1 aromatic heterocycles. The SMILES string of the molecule is Cc1cccc(C2CC2(Cl)Cl)c1Oc1ccc(Cl)[n+]([O-])n1. The Bertz CT molecular complexity index is 707. The topological polar surface area (TPSA) is 49.1 Å². The van der Waals surface area contributed by atoms with Crippen LogP contribution in [0.4, 0.5) is 0 Å². The van der Waals surface area contributed by atoms with E-state index in [4.69, 9.17) is 39.5 Å². The summed E-state index contributed by atoms with van der Waals surface area (Å²) in [6, 6.07) is 8.71. The third-order valence-corrected chi connectivity index (χ3v) is 4.49. The average Bonchev–Trinajstić information content (AvgIpc) is 3.05. The van der Waals surface area contributed by atoms with Crippen molar-refractivity contribution in [2.45, 2.75) is 23.6 Å². The van der Waals surface area contributed by atoms with Gasteiger partial charge in [-0.15, -0.1) is 23.2 Å². The smallest absolute Gasteiger partial charge is 0.313 e. The number of rotatable bonds is 3. The Morgan fingerprint density at radius 3 is 2.67 bits per heavy atom. The highest BCUT2D eigenvalue weighted by Crippen LogP contribution is 2.61. The molecule has 1 fully saturated rings. The molecule has 0 aliphatic heterocycles. The number of alkyl halides is 2. The lowest BCUT2D eigenvalue weighted by atomic mass is 10.1. The fraction of sp³-hybridized carbons (Fsp3) is 0.286. The molecule has 1 unspecified atom stereocenters. The monoisotopic (exact) mass is 344 g/mol. The van der Waals surface area contributed by atoms with Crippen LogP contribution in [0.15, 0.2) is 30.3 Å². The van der Waals surface area contributed by atoms with Gasteiger partial charge in [0.25, 0.3) is 5.88 Å². The van der Waals surface area contributed by atoms with Crippen molar-refractivity contribution in [1.82, 2.24) is 5.10 Å². The first-order valence-electron chi connectivity index (χ1n) is 6.30. The largest absolute Gasteiger partial charge is 0.593 e. The van der Waals surface area contributed by atoms with Crippen molar-refractivity contribution in [1.29, 1.82) is 0 Å². The third-order valence-electron chi connectivity index (χ3n) is 3.39. The van der Waals surface area contributed by atoms with Gasteiger partial charge in [0, 0.05) is 23.6 Å². The van der Waals surface area contributed by atoms with Crippen molar-refractivity contribution in [2.24, 2.45) is 0 Å². The predicted octanol–water partition coefficient (Wildman–Crippen LogP) is 4.13. The van der Waals surface area contributed by atoms with E-state index in [1.807, 2.05) is 25.1 Å². The second-order valence-corrected chi connectivity index (χ2v) is 6.91. The quantitative estimate of drug-likeness (QED) is 0.477. The van der Waals surface area contributed by atoms with E-state index >= 15 is 0 Å². The van der Waals surface area contributed by atoms with E-state index < -0.39 is 4.33 Å². The van der Waals surface area contributed by atoms with E-state index in [1.165, 1.54) is 12.1 Å². The van der Waals surface area contributed by atoms with Gasteiger partial charge in [-0.05, 0) is 35.4 Å². The Hall–Kier alpha value is -1.23. The van der Waals surface area contributed by atoms with Crippen LogP contribution in [0.25, 0.3) is 0 Å². The highest BCUT2D eigenvalue weighted by Gasteiger charge is 2.53. The van der Waals surface area contributed by atoms with Crippen molar-refractivity contribution in [3.63, 3.8) is 0 Å². The molecule has 2 aromatic rings. The molecule has 7 heteroatoms. The second-order valence-electron chi connectivity index (χ2n) is 4.98. The van der Waals surface area contributed by atoms with E-state index in [0.29, 0.717) is 17.0 Å². The first kappa shape index (κ1) is 14.7. The molecule has 4 nitrogen and oxygen atoms in total. The van der Waals surface area contributed by atoms with Gasteiger partial charge >= 0.3 is 5.15 Å². The van der Waals surface area contributed by atoms with Gasteiger partial charge < -0.3 is 9.94 Å². The minimum Gasteiger partial charge on any atom is -0.593 e. The number of benzene rings is 1. The molecule has 1 aromatic carbocycles. The predicted molar refractivity (Wildman–Crippen MR) is 81.3 cm³/mol. The van der Waals surface area contributed by atoms with Crippen LogP contribution >= 0.6 is 34.8 Å². The van der Waals surface area contributed by atoms with Gasteiger partial charge in [0.1, 0.15) is 10.1 Å². The number of ether oxygens (including phenoxy) is 1. The summed E-state index contributed by atoms with van der Waals surface area (Å²) in [6.45, 7) is 1.91. The zero-order valence-electron chi connectivity index (χ0n) is 11.0. The van der Waals surface area contributed by atoms with Crippen LogP contribution in [-0.4, -0.2) is 9.43 Å². The van der Waals surface area contributed by atoms with Gasteiger partial charge in [0.2, 0.25) is 0 Å². The van der Waals surface area contributed by atoms with Crippen LogP contribution in [0, 0.1) is 12.1 Å². The maximum Gasteiger partial charge on any atom is 0.313 e. The number of aromatic nitrogens is 2. The fourth-order valence-corrected chi connectivity index (χ4v) is 2.82. The van der Waals surface area contributed by atoms with Crippen molar-refractivity contribution in [3.8, 4) is 11.6 Å². The summed E-state index contributed by atoms with van der Waals surface area (Å²) in [5.41, 5.74) is 1.83. The van der Waals surface area contributed by atoms with Crippen LogP contribution < -0.4 is 9.58 Å². The molecular formula is C14H11Cl3N2O2. The molecule has 21 heavy (non-hydrogen) atoms. The lowest BCUT2D eigenvalue weighted by Gasteiger charge is -2.13. The van der Waals surface area contributed by atoms with E-state index in [-0.39, 0.29) is 17.0 Å². The van der Waals surface area contributed by atoms with Gasteiger partial charge in [-0.2, -0.15) is 0 Å². The van der Waals surface area contributed by atoms with Crippen LogP contribution in [0.3, 0.4) is 0 Å². The van der Waals surface area contributed by atoms with E-state index in [2.05, 4.69) is 5.10 Å². The van der Waals surface area contributed by atoms with Crippen LogP contribution in [0.2, 0.25) is 5.15 Å². The second kappa shape index (κ2) is 5.20. The lowest BCUT2D eigenvalue weighted by Crippen LogP contribution is -2.32. The number of hydrogen-bond acceptors (Lipinski definition) is 3. The summed E-state index contributed by atoms with van der Waals surface area (Å²) in [6.07, 6.45) is 0.672. The normalized spacial score (nSPS) is 19.3. The number of para-hydroxylation sites is 1. The van der Waals surface area contributed by atoms with E-state index in [9.17, 15) is 5.21 Å². The molecule has 0 radical (unpaired) electrons. The maximum atomic E-state index is 11.4. The standard InChI is InChI=1S/C14H11Cl3N2O2/c1-8-3-2-4-9(10-7-14(10,16)17)13(8)21-12-6-5-11(15)19(20)18-12/h2-6,10H,7H2,1H3. The zero-order valence-corrected chi connectivity index (χ0v) is 13.3. The number of hydrogen-bond donors (Lipinski definition) is 0. The first-order valence-corrected chi connectivity index (χ1v) is 7.43. The molecule has 110 valence electrons. The van der Waals surface area contributed by atoms with Crippen LogP contribution in [0.5, 0.6) is 11.6 Å². The van der Waals surface area contributed by atoms with Gasteiger partial charge in [-0.1, -0.05) is 18.2 Å². The summed E-state index contributed by atoms with van der Waals surface area (Å²) >= 11 is 17.9. The molecule has 0 spiro atoms. The van der Waals surface area contributed by atoms with Crippen LogP contribution in [-0.2, 0) is 0 Å². The molecule has 0 N–H and O–H groups in total. The Balaban J connectivity index is 1.96. The molecule has 0 amide bonds. The van der Waals surface area contributed by atoms with Gasteiger partial charge in [-0.25, -0.2) is 0 Å². The summed E-state index contributed by atoms with van der Waals surface area (Å²) in [4.78, 5) is 0.305. The van der Waals surface area contributed by atoms with Gasteiger partial charge in [0.05, 0.1) is 5.10 Å². The summed E-state index contributed by atoms with van der Waals surface area (Å²) in [5.74, 6) is 0.809. The third kappa shape index (κ3) is 2.89. The number of halogens is 3. The molecule has 1 atom stereocenters. The van der Waals surface area contributed by atoms with Crippen molar-refractivity contribution in [3.05, 3.63) is 51.8 Å². The first-order chi connectivity index (χ1) is 9.88. The molecule has 3 rings (SSSR count). The molecule has 1 aliphatic carbocycles. The molecule has 0 bridgehead atoms. The highest BCUT2D eigenvalue weighted by molar-refractivity contribution is 6.51. The summed E-state index contributed by atoms with van der Waals surface area (Å²) < 4.78 is 5.01. The summed E-state index contributed by atoms with van der Waals surface area (Å²) in [7, 11) is 0. The van der Waals surface area contributed by atoms with Gasteiger partial charge in [0.15, 0.2) is 0 Å². The molecular weight excluding hydrogens is 335 g/mol. The van der Waals surface area contributed by atoms with Crippen molar-refractivity contribution >= 4 is 34.8 Å². The Morgan fingerprint density at radius 2 is 2.05 bits per heavy atom. The minimum atomic E-state index is -0.752. The number of nitrogens with zero attached hydrogens (tertiary/aromatic N) is 2. The molecule has 1 aliphatic rings. The van der Waals surface area contributed by atoms with E-state index in [0.717, 1.165) is 11.1 Å². The highest BCUT2D eigenvalue weighted by atomic mass is 35.5. The van der Waals surface area contributed by atoms with Gasteiger partial charge in [-0.3, -0.25) is 0 Å². The molecule has 1 heterocycles. The lowest BCUT2D eigenvalue weighted by molar-refractivity contribution is -0.667. The maximum absolute atomic E-state index is 11.4. The Morgan fingerprint density at radius 1 is 1.33 bits per heavy atom. The molecule has 1 saturated carbocycles. The fourth-order valence-electron chi connectivity index (χ4n) is 2.17. The number of aryl methyl sites for hydroxylation is 1. The molecule has 0 saturated heterocycles. The Kier molecular flexibility index (Phi) is 3.64. The van der Waals surface area contributed by atoms with Crippen LogP contribution in [0.1, 0.15) is 23.5 Å². The average molecular weight is 346 g/mol. The Labute approximate surface area is 136 Å². The van der Waals surface area contributed by atoms with Crippen molar-refractivity contribution < 1.29 is 9.58 Å². The minimum absolute atomic E-state index is 0.0161. The zero-order chi connectivity index (χ0) is 15.2. The van der Waals surface area contributed by atoms with Crippen molar-refractivity contribution in [2.75, 3.05) is 0 Å². The summed E-state index contributed by atoms with van der Waals surface area (Å²) in [5, 5.41) is 15.1.